The van der Waals surface area contributed by atoms with Crippen LogP contribution < -0.4 is 10.6 Å². The summed E-state index contributed by atoms with van der Waals surface area (Å²) in [7, 11) is 5.89. The molecule has 1 atom stereocenters. The summed E-state index contributed by atoms with van der Waals surface area (Å²) < 4.78 is 10.5. The van der Waals surface area contributed by atoms with Crippen LogP contribution in [-0.4, -0.2) is 71.5 Å². The molecule has 1 aromatic carbocycles. The number of rotatable bonds is 13. The molecule has 1 unspecified atom stereocenters. The molecule has 0 saturated carbocycles. The number of aryl methyl sites for hydroxylation is 1. The minimum atomic E-state index is 0.253. The van der Waals surface area contributed by atoms with Crippen molar-refractivity contribution in [3.8, 4) is 0 Å². The molecule has 0 spiro atoms. The highest BCUT2D eigenvalue weighted by molar-refractivity contribution is 5.79. The maximum absolute atomic E-state index is 5.49. The summed E-state index contributed by atoms with van der Waals surface area (Å²) in [6, 6.07) is 9.11. The van der Waals surface area contributed by atoms with Gasteiger partial charge in [0.15, 0.2) is 5.96 Å². The molecule has 27 heavy (non-hydrogen) atoms. The predicted octanol–water partition coefficient (Wildman–Crippen LogP) is 2.46. The van der Waals surface area contributed by atoms with Gasteiger partial charge in [0.1, 0.15) is 0 Å². The quantitative estimate of drug-likeness (QED) is 0.314. The highest BCUT2D eigenvalue weighted by Crippen LogP contribution is 2.19. The summed E-state index contributed by atoms with van der Waals surface area (Å²) >= 11 is 0. The van der Waals surface area contributed by atoms with Gasteiger partial charge in [-0.3, -0.25) is 4.99 Å². The molecule has 0 amide bonds. The molecule has 154 valence electrons. The van der Waals surface area contributed by atoms with E-state index in [0.29, 0.717) is 19.8 Å². The normalized spacial score (nSPS) is 13.0. The second-order valence-electron chi connectivity index (χ2n) is 6.68. The molecule has 0 saturated heterocycles. The van der Waals surface area contributed by atoms with Crippen LogP contribution in [-0.2, 0) is 15.9 Å². The van der Waals surface area contributed by atoms with E-state index in [1.165, 1.54) is 11.1 Å². The summed E-state index contributed by atoms with van der Waals surface area (Å²) in [5, 5.41) is 6.70. The van der Waals surface area contributed by atoms with E-state index in [9.17, 15) is 0 Å². The van der Waals surface area contributed by atoms with Gasteiger partial charge in [-0.1, -0.05) is 31.2 Å². The average molecular weight is 379 g/mol. The summed E-state index contributed by atoms with van der Waals surface area (Å²) in [6.45, 7) is 8.65. The largest absolute Gasteiger partial charge is 0.382 e. The van der Waals surface area contributed by atoms with Gasteiger partial charge >= 0.3 is 0 Å². The van der Waals surface area contributed by atoms with Crippen molar-refractivity contribution in [1.82, 2.24) is 15.5 Å². The van der Waals surface area contributed by atoms with Crippen molar-refractivity contribution < 1.29 is 9.47 Å². The van der Waals surface area contributed by atoms with Crippen molar-refractivity contribution in [2.45, 2.75) is 32.7 Å². The molecule has 1 rings (SSSR count). The van der Waals surface area contributed by atoms with Crippen LogP contribution in [0.3, 0.4) is 0 Å². The van der Waals surface area contributed by atoms with E-state index in [-0.39, 0.29) is 6.04 Å². The van der Waals surface area contributed by atoms with Crippen LogP contribution in [0, 0.1) is 0 Å². The molecule has 2 N–H and O–H groups in total. The van der Waals surface area contributed by atoms with Crippen LogP contribution in [0.5, 0.6) is 0 Å². The molecule has 0 heterocycles. The Kier molecular flexibility index (Phi) is 12.5. The predicted molar refractivity (Wildman–Crippen MR) is 114 cm³/mol. The summed E-state index contributed by atoms with van der Waals surface area (Å²) in [4.78, 5) is 7.01. The monoisotopic (exact) mass is 378 g/mol. The second-order valence-corrected chi connectivity index (χ2v) is 6.68. The lowest BCUT2D eigenvalue weighted by Gasteiger charge is -2.24. The van der Waals surface area contributed by atoms with E-state index in [2.05, 4.69) is 67.7 Å². The molecule has 6 nitrogen and oxygen atoms in total. The zero-order valence-corrected chi connectivity index (χ0v) is 17.8. The Bertz CT molecular complexity index is 517. The smallest absolute Gasteiger partial charge is 0.191 e. The van der Waals surface area contributed by atoms with Gasteiger partial charge in [-0.05, 0) is 45.0 Å². The van der Waals surface area contributed by atoms with Crippen LogP contribution in [0.25, 0.3) is 0 Å². The highest BCUT2D eigenvalue weighted by Gasteiger charge is 2.14. The lowest BCUT2D eigenvalue weighted by Crippen LogP contribution is -2.38. The highest BCUT2D eigenvalue weighted by atomic mass is 16.5. The number of hydrogen-bond donors (Lipinski definition) is 2. The van der Waals surface area contributed by atoms with Crippen LogP contribution in [0.4, 0.5) is 0 Å². The first-order valence-corrected chi connectivity index (χ1v) is 9.96. The molecule has 0 aliphatic carbocycles. The van der Waals surface area contributed by atoms with Crippen molar-refractivity contribution in [3.05, 3.63) is 35.4 Å². The first-order valence-electron chi connectivity index (χ1n) is 9.96. The lowest BCUT2D eigenvalue weighted by molar-refractivity contribution is 0.0698. The Balaban J connectivity index is 2.56. The second kappa shape index (κ2) is 14.4. The van der Waals surface area contributed by atoms with Gasteiger partial charge in [-0.2, -0.15) is 0 Å². The summed E-state index contributed by atoms with van der Waals surface area (Å²) in [5.74, 6) is 0.853. The van der Waals surface area contributed by atoms with Gasteiger partial charge < -0.3 is 25.0 Å². The van der Waals surface area contributed by atoms with Crippen molar-refractivity contribution in [1.29, 1.82) is 0 Å². The van der Waals surface area contributed by atoms with Gasteiger partial charge in [-0.15, -0.1) is 0 Å². The number of hydrogen-bond acceptors (Lipinski definition) is 4. The number of benzene rings is 1. The van der Waals surface area contributed by atoms with Gasteiger partial charge in [0.25, 0.3) is 0 Å². The molecule has 0 aliphatic heterocycles. The molecule has 0 fully saturated rings. The molecule has 0 aliphatic rings. The number of nitrogens with one attached hydrogen (secondary N) is 2. The third-order valence-corrected chi connectivity index (χ3v) is 4.35. The Hall–Kier alpha value is -1.63. The maximum Gasteiger partial charge on any atom is 0.191 e. The van der Waals surface area contributed by atoms with Crippen LogP contribution >= 0.6 is 0 Å². The number of likely N-dealkylation sites (N-methyl/N-ethyl adjacent to an activating group) is 1. The fourth-order valence-corrected chi connectivity index (χ4v) is 2.69. The van der Waals surface area contributed by atoms with Gasteiger partial charge in [0.05, 0.1) is 25.8 Å². The van der Waals surface area contributed by atoms with Gasteiger partial charge in [0.2, 0.25) is 0 Å². The Morgan fingerprint density at radius 1 is 1.07 bits per heavy atom. The van der Waals surface area contributed by atoms with Gasteiger partial charge in [-0.25, -0.2) is 0 Å². The van der Waals surface area contributed by atoms with E-state index in [4.69, 9.17) is 14.5 Å². The summed E-state index contributed by atoms with van der Waals surface area (Å²) in [5.41, 5.74) is 2.66. The number of methoxy groups -OCH3 is 1. The zero-order valence-electron chi connectivity index (χ0n) is 17.8. The number of aliphatic imine (C=N–C) groups is 1. The van der Waals surface area contributed by atoms with Gasteiger partial charge in [0, 0.05) is 26.8 Å². The molecular weight excluding hydrogens is 340 g/mol. The fourth-order valence-electron chi connectivity index (χ4n) is 2.69. The maximum atomic E-state index is 5.49. The van der Waals surface area contributed by atoms with E-state index >= 15 is 0 Å². The Morgan fingerprint density at radius 3 is 2.41 bits per heavy atom. The first kappa shape index (κ1) is 23.4. The Labute approximate surface area is 165 Å². The average Bonchev–Trinajstić information content (AvgIpc) is 2.67. The van der Waals surface area contributed by atoms with Crippen molar-refractivity contribution in [2.75, 3.05) is 60.7 Å². The third-order valence-electron chi connectivity index (χ3n) is 4.35. The van der Waals surface area contributed by atoms with Crippen LogP contribution in [0.2, 0.25) is 0 Å². The topological polar surface area (TPSA) is 58.1 Å². The fraction of sp³-hybridized carbons (Fsp3) is 0.667. The molecular formula is C21H38N4O2. The number of ether oxygens (including phenoxy) is 2. The van der Waals surface area contributed by atoms with Crippen LogP contribution in [0.15, 0.2) is 29.3 Å². The molecule has 6 heteroatoms. The lowest BCUT2D eigenvalue weighted by atomic mass is 10.0. The summed E-state index contributed by atoms with van der Waals surface area (Å²) in [6.07, 6.45) is 2.00. The molecule has 0 radical (unpaired) electrons. The van der Waals surface area contributed by atoms with Crippen molar-refractivity contribution in [3.63, 3.8) is 0 Å². The van der Waals surface area contributed by atoms with E-state index in [0.717, 1.165) is 38.5 Å². The first-order chi connectivity index (χ1) is 13.1. The molecule has 0 bridgehead atoms. The van der Waals surface area contributed by atoms with Crippen LogP contribution in [0.1, 0.15) is 37.4 Å². The minimum Gasteiger partial charge on any atom is -0.382 e. The van der Waals surface area contributed by atoms with Crippen molar-refractivity contribution in [2.24, 2.45) is 4.99 Å². The van der Waals surface area contributed by atoms with E-state index < -0.39 is 0 Å². The van der Waals surface area contributed by atoms with E-state index in [1.807, 2.05) is 0 Å². The standard InChI is InChI=1S/C21H38N4O2/c1-6-18-9-11-19(12-10-18)20(25(3)4)17-24-21(22-7-2)23-13-8-14-27-16-15-26-5/h9-12,20H,6-8,13-17H2,1-5H3,(H2,22,23,24). The van der Waals surface area contributed by atoms with Crippen molar-refractivity contribution >= 4 is 5.96 Å². The molecule has 1 aromatic rings. The SMILES string of the molecule is CCNC(=NCC(c1ccc(CC)cc1)N(C)C)NCCCOCCOC. The minimum absolute atomic E-state index is 0.253. The Morgan fingerprint density at radius 2 is 1.81 bits per heavy atom. The molecule has 0 aromatic heterocycles. The zero-order chi connectivity index (χ0) is 19.9. The van der Waals surface area contributed by atoms with E-state index in [1.54, 1.807) is 7.11 Å². The number of guanidine groups is 1. The number of nitrogens with zero attached hydrogens (tertiary/aromatic N) is 2. The third kappa shape index (κ3) is 9.75.